The lowest BCUT2D eigenvalue weighted by atomic mass is 9.88. The molecule has 1 heterocycles. The Kier molecular flexibility index (Phi) is 4.42. The first-order valence-corrected chi connectivity index (χ1v) is 8.64. The normalized spacial score (nSPS) is 23.5. The summed E-state index contributed by atoms with van der Waals surface area (Å²) in [6.07, 6.45) is 4.31. The predicted molar refractivity (Wildman–Crippen MR) is 88.1 cm³/mol. The van der Waals surface area contributed by atoms with Gasteiger partial charge in [0, 0.05) is 13.1 Å². The summed E-state index contributed by atoms with van der Waals surface area (Å²) in [4.78, 5) is 26.0. The van der Waals surface area contributed by atoms with Crippen LogP contribution in [0.3, 0.4) is 0 Å². The fourth-order valence-corrected chi connectivity index (χ4v) is 4.05. The van der Waals surface area contributed by atoms with E-state index < -0.39 is 5.97 Å². The van der Waals surface area contributed by atoms with Gasteiger partial charge in [0.25, 0.3) is 0 Å². The molecule has 1 amide bonds. The molecule has 1 saturated carbocycles. The Bertz CT molecular complexity index is 576. The molecule has 2 aliphatic rings. The summed E-state index contributed by atoms with van der Waals surface area (Å²) in [6.45, 7) is 3.52. The zero-order chi connectivity index (χ0) is 16.4. The van der Waals surface area contributed by atoms with E-state index in [1.54, 1.807) is 0 Å². The van der Waals surface area contributed by atoms with E-state index in [0.29, 0.717) is 13.1 Å². The first-order chi connectivity index (χ1) is 11.1. The second-order valence-electron chi connectivity index (χ2n) is 7.03. The van der Waals surface area contributed by atoms with Crippen LogP contribution in [0.25, 0.3) is 0 Å². The van der Waals surface area contributed by atoms with Gasteiger partial charge in [-0.2, -0.15) is 0 Å². The Morgan fingerprint density at radius 2 is 1.91 bits per heavy atom. The summed E-state index contributed by atoms with van der Waals surface area (Å²) < 4.78 is 0. The zero-order valence-corrected chi connectivity index (χ0v) is 13.7. The molecule has 2 fully saturated rings. The van der Waals surface area contributed by atoms with Gasteiger partial charge in [-0.3, -0.25) is 9.59 Å². The molecule has 1 aliphatic heterocycles. The molecule has 2 atom stereocenters. The maximum absolute atomic E-state index is 12.9. The van der Waals surface area contributed by atoms with Crippen molar-refractivity contribution in [1.29, 1.82) is 0 Å². The van der Waals surface area contributed by atoms with E-state index in [4.69, 9.17) is 0 Å². The van der Waals surface area contributed by atoms with Crippen molar-refractivity contribution in [2.75, 3.05) is 13.1 Å². The van der Waals surface area contributed by atoms with E-state index in [0.717, 1.165) is 37.7 Å². The van der Waals surface area contributed by atoms with Crippen LogP contribution in [0.15, 0.2) is 30.3 Å². The second kappa shape index (κ2) is 6.34. The zero-order valence-electron chi connectivity index (χ0n) is 13.7. The number of amides is 1. The fourth-order valence-electron chi connectivity index (χ4n) is 4.05. The molecule has 0 aromatic heterocycles. The Hall–Kier alpha value is -1.84. The summed E-state index contributed by atoms with van der Waals surface area (Å²) in [5, 5.41) is 9.17. The summed E-state index contributed by atoms with van der Waals surface area (Å²) in [5.41, 5.74) is 1.07. The highest BCUT2D eigenvalue weighted by Crippen LogP contribution is 2.59. The molecule has 1 saturated heterocycles. The molecule has 1 N–H and O–H groups in total. The highest BCUT2D eigenvalue weighted by atomic mass is 16.4. The monoisotopic (exact) mass is 315 g/mol. The number of carboxylic acid groups (broad SMARTS) is 1. The van der Waals surface area contributed by atoms with Gasteiger partial charge in [0.1, 0.15) is 0 Å². The first-order valence-electron chi connectivity index (χ1n) is 8.64. The second-order valence-corrected chi connectivity index (χ2v) is 7.03. The molecule has 23 heavy (non-hydrogen) atoms. The van der Waals surface area contributed by atoms with Gasteiger partial charge in [-0.25, -0.2) is 0 Å². The number of hydrogen-bond donors (Lipinski definition) is 1. The van der Waals surface area contributed by atoms with Crippen molar-refractivity contribution in [3.63, 3.8) is 0 Å². The average molecular weight is 315 g/mol. The molecule has 2 unspecified atom stereocenters. The van der Waals surface area contributed by atoms with Crippen LogP contribution in [-0.2, 0) is 9.59 Å². The molecule has 0 bridgehead atoms. The minimum absolute atomic E-state index is 0.0182. The van der Waals surface area contributed by atoms with Crippen molar-refractivity contribution in [2.45, 2.75) is 44.9 Å². The third-order valence-electron chi connectivity index (χ3n) is 5.64. The summed E-state index contributed by atoms with van der Waals surface area (Å²) >= 11 is 0. The van der Waals surface area contributed by atoms with Crippen molar-refractivity contribution in [3.8, 4) is 0 Å². The highest BCUT2D eigenvalue weighted by molar-refractivity contribution is 5.84. The molecule has 1 aliphatic carbocycles. The smallest absolute Gasteiger partial charge is 0.307 e. The van der Waals surface area contributed by atoms with Crippen molar-refractivity contribution >= 4 is 11.9 Å². The van der Waals surface area contributed by atoms with E-state index in [1.807, 2.05) is 35.2 Å². The summed E-state index contributed by atoms with van der Waals surface area (Å²) in [6, 6.07) is 10.0. The standard InChI is InChI=1S/C19H25NO3/c1-2-6-15(14-7-4-3-5-8-14)17(21)20-11-9-19(10-12-20)13-16(19)18(22)23/h3-5,7-8,15-16H,2,6,9-13H2,1H3,(H,22,23). The minimum atomic E-state index is -0.669. The molecule has 3 rings (SSSR count). The number of nitrogens with zero attached hydrogens (tertiary/aromatic N) is 1. The molecule has 1 spiro atoms. The van der Waals surface area contributed by atoms with Gasteiger partial charge in [0.15, 0.2) is 0 Å². The Morgan fingerprint density at radius 3 is 2.43 bits per heavy atom. The van der Waals surface area contributed by atoms with E-state index >= 15 is 0 Å². The maximum Gasteiger partial charge on any atom is 0.307 e. The van der Waals surface area contributed by atoms with Crippen LogP contribution in [0, 0.1) is 11.3 Å². The average Bonchev–Trinajstić information content (AvgIpc) is 3.27. The lowest BCUT2D eigenvalue weighted by molar-refractivity contribution is -0.140. The van der Waals surface area contributed by atoms with Gasteiger partial charge >= 0.3 is 5.97 Å². The molecule has 124 valence electrons. The van der Waals surface area contributed by atoms with Crippen LogP contribution in [0.4, 0.5) is 0 Å². The van der Waals surface area contributed by atoms with E-state index in [2.05, 4.69) is 6.92 Å². The Labute approximate surface area is 137 Å². The van der Waals surface area contributed by atoms with Crippen molar-refractivity contribution in [2.24, 2.45) is 11.3 Å². The van der Waals surface area contributed by atoms with Gasteiger partial charge in [-0.1, -0.05) is 43.7 Å². The van der Waals surface area contributed by atoms with Crippen LogP contribution < -0.4 is 0 Å². The van der Waals surface area contributed by atoms with E-state index in [9.17, 15) is 14.7 Å². The van der Waals surface area contributed by atoms with Gasteiger partial charge in [0.2, 0.25) is 5.91 Å². The lowest BCUT2D eigenvalue weighted by Crippen LogP contribution is -2.42. The molecule has 0 radical (unpaired) electrons. The van der Waals surface area contributed by atoms with Gasteiger partial charge in [-0.15, -0.1) is 0 Å². The molecule has 4 nitrogen and oxygen atoms in total. The number of piperidine rings is 1. The van der Waals surface area contributed by atoms with Crippen LogP contribution in [0.5, 0.6) is 0 Å². The lowest BCUT2D eigenvalue weighted by Gasteiger charge is -2.35. The topological polar surface area (TPSA) is 57.6 Å². The maximum atomic E-state index is 12.9. The minimum Gasteiger partial charge on any atom is -0.481 e. The number of aliphatic carboxylic acids is 1. The van der Waals surface area contributed by atoms with Crippen LogP contribution in [-0.4, -0.2) is 35.0 Å². The molecule has 1 aromatic carbocycles. The van der Waals surface area contributed by atoms with E-state index in [1.165, 1.54) is 0 Å². The van der Waals surface area contributed by atoms with Gasteiger partial charge in [-0.05, 0) is 36.7 Å². The summed E-state index contributed by atoms with van der Waals surface area (Å²) in [5.74, 6) is -0.705. The largest absolute Gasteiger partial charge is 0.481 e. The third kappa shape index (κ3) is 3.12. The molecular weight excluding hydrogens is 290 g/mol. The molecule has 1 aromatic rings. The quantitative estimate of drug-likeness (QED) is 0.907. The van der Waals surface area contributed by atoms with Gasteiger partial charge in [0.05, 0.1) is 11.8 Å². The van der Waals surface area contributed by atoms with Crippen molar-refractivity contribution in [3.05, 3.63) is 35.9 Å². The number of benzene rings is 1. The van der Waals surface area contributed by atoms with Crippen molar-refractivity contribution in [1.82, 2.24) is 4.90 Å². The number of carbonyl (C=O) groups excluding carboxylic acids is 1. The van der Waals surface area contributed by atoms with Crippen LogP contribution >= 0.6 is 0 Å². The number of rotatable bonds is 5. The predicted octanol–water partition coefficient (Wildman–Crippen LogP) is 3.28. The Balaban J connectivity index is 1.65. The molecule has 4 heteroatoms. The highest BCUT2D eigenvalue weighted by Gasteiger charge is 2.59. The van der Waals surface area contributed by atoms with Crippen molar-refractivity contribution < 1.29 is 14.7 Å². The van der Waals surface area contributed by atoms with E-state index in [-0.39, 0.29) is 23.2 Å². The first kappa shape index (κ1) is 16.0. The number of carbonyl (C=O) groups is 2. The fraction of sp³-hybridized carbons (Fsp3) is 0.579. The third-order valence-corrected chi connectivity index (χ3v) is 5.64. The SMILES string of the molecule is CCCC(C(=O)N1CCC2(CC1)CC2C(=O)O)c1ccccc1. The number of carboxylic acids is 1. The Morgan fingerprint density at radius 1 is 1.26 bits per heavy atom. The van der Waals surface area contributed by atoms with Crippen LogP contribution in [0.1, 0.15) is 50.5 Å². The summed E-state index contributed by atoms with van der Waals surface area (Å²) in [7, 11) is 0. The number of likely N-dealkylation sites (tertiary alicyclic amines) is 1. The van der Waals surface area contributed by atoms with Crippen LogP contribution in [0.2, 0.25) is 0 Å². The molecular formula is C19H25NO3. The van der Waals surface area contributed by atoms with Gasteiger partial charge < -0.3 is 10.0 Å². The number of hydrogen-bond acceptors (Lipinski definition) is 2.